The van der Waals surface area contributed by atoms with Crippen LogP contribution in [0.5, 0.6) is 0 Å². The Labute approximate surface area is 306 Å². The zero-order valence-corrected chi connectivity index (χ0v) is 31.5. The Morgan fingerprint density at radius 1 is 0.440 bits per heavy atom. The molecule has 2 aliphatic rings. The Morgan fingerprint density at radius 2 is 0.780 bits per heavy atom. The van der Waals surface area contributed by atoms with Gasteiger partial charge in [0.05, 0.1) is 22.8 Å². The van der Waals surface area contributed by atoms with Crippen LogP contribution in [0.2, 0.25) is 0 Å². The van der Waals surface area contributed by atoms with Crippen LogP contribution in [0.25, 0.3) is 79.8 Å². The minimum Gasteiger partial charge on any atom is -0.657 e. The molecule has 6 aromatic rings. The summed E-state index contributed by atoms with van der Waals surface area (Å²) in [6, 6.07) is 39.9. The molecule has 240 valence electrons. The van der Waals surface area contributed by atoms with Gasteiger partial charge in [-0.15, -0.1) is 22.1 Å². The zero-order valence-electron chi connectivity index (χ0n) is 28.6. The predicted octanol–water partition coefficient (Wildman–Crippen LogP) is 10.5. The monoisotopic (exact) mass is 699 g/mol. The molecule has 0 saturated heterocycles. The molecule has 0 spiro atoms. The predicted molar refractivity (Wildman–Crippen MR) is 206 cm³/mol. The summed E-state index contributed by atoms with van der Waals surface area (Å²) in [4.78, 5) is 23.9. The molecule has 50 heavy (non-hydrogen) atoms. The van der Waals surface area contributed by atoms with E-state index in [9.17, 15) is 0 Å². The van der Waals surface area contributed by atoms with E-state index in [1.807, 2.05) is 18.2 Å². The Balaban J connectivity index is 0.00000392. The number of anilines is 1. The zero-order chi connectivity index (χ0) is 33.2. The van der Waals surface area contributed by atoms with E-state index in [0.717, 1.165) is 110 Å². The minimum atomic E-state index is 0. The minimum absolute atomic E-state index is 0. The van der Waals surface area contributed by atoms with E-state index in [1.54, 1.807) is 0 Å². The van der Waals surface area contributed by atoms with Gasteiger partial charge in [-0.05, 0) is 70.5 Å². The third-order valence-electron chi connectivity index (χ3n) is 9.07. The summed E-state index contributed by atoms with van der Waals surface area (Å²) in [6.45, 7) is 6.29. The molecule has 0 aliphatic carbocycles. The van der Waals surface area contributed by atoms with Crippen molar-refractivity contribution < 1.29 is 19.5 Å². The summed E-state index contributed by atoms with van der Waals surface area (Å²) in [5.41, 5.74) is 14.4. The summed E-state index contributed by atoms with van der Waals surface area (Å²) >= 11 is 0. The molecule has 0 unspecified atom stereocenters. The van der Waals surface area contributed by atoms with Crippen LogP contribution in [0.1, 0.15) is 49.5 Å². The van der Waals surface area contributed by atoms with E-state index >= 15 is 0 Å². The number of nitrogens with zero attached hydrogens (tertiary/aromatic N) is 5. The second kappa shape index (κ2) is 14.7. The molecular formula is C44H37N5Zn. The van der Waals surface area contributed by atoms with Crippen molar-refractivity contribution in [1.29, 1.82) is 0 Å². The number of aromatic nitrogens is 4. The first-order valence-corrected chi connectivity index (χ1v) is 17.2. The van der Waals surface area contributed by atoms with Gasteiger partial charge in [0.15, 0.2) is 0 Å². The van der Waals surface area contributed by atoms with Crippen LogP contribution in [-0.2, 0) is 19.5 Å². The number of rotatable bonds is 8. The number of hydrogen-bond donors (Lipinski definition) is 0. The van der Waals surface area contributed by atoms with Crippen molar-refractivity contribution in [3.05, 3.63) is 138 Å². The maximum atomic E-state index is 5.38. The topological polar surface area (TPSA) is 57.2 Å². The van der Waals surface area contributed by atoms with Crippen molar-refractivity contribution in [2.24, 2.45) is 0 Å². The summed E-state index contributed by atoms with van der Waals surface area (Å²) in [7, 11) is 0. The smallest absolute Gasteiger partial charge is 0.657 e. The summed E-state index contributed by atoms with van der Waals surface area (Å²) in [6.07, 6.45) is 10.6. The fourth-order valence-electron chi connectivity index (χ4n) is 6.97. The van der Waals surface area contributed by atoms with Crippen molar-refractivity contribution in [3.63, 3.8) is 0 Å². The third kappa shape index (κ3) is 6.28. The molecule has 5 heterocycles. The maximum absolute atomic E-state index is 5.38. The van der Waals surface area contributed by atoms with E-state index in [2.05, 4.69) is 140 Å². The molecule has 8 rings (SSSR count). The van der Waals surface area contributed by atoms with Crippen molar-refractivity contribution in [2.45, 2.75) is 26.7 Å². The standard InChI is InChI=1S/C44H37N5.Zn/c1-3-28-49(29-4-2)44-39-26-24-37(47-39)42(31-16-10-6-11-17-31)35-22-20-33(45-35)41(30-14-8-5-9-15-30)34-21-23-36(46-34)43(32-18-12-7-13-19-32)38-25-27-40(44)48-38;/h5-27H,3-4,28-29H2,1-2H3;/q-2;+2. The quantitative estimate of drug-likeness (QED) is 0.148. The van der Waals surface area contributed by atoms with Gasteiger partial charge in [-0.25, -0.2) is 9.97 Å². The molecule has 5 nitrogen and oxygen atoms in total. The van der Waals surface area contributed by atoms with Gasteiger partial charge in [0.2, 0.25) is 0 Å². The van der Waals surface area contributed by atoms with Crippen LogP contribution in [0.4, 0.5) is 5.69 Å². The van der Waals surface area contributed by atoms with E-state index in [0.29, 0.717) is 0 Å². The normalized spacial score (nSPS) is 11.8. The molecule has 0 atom stereocenters. The van der Waals surface area contributed by atoms with Gasteiger partial charge >= 0.3 is 19.5 Å². The average Bonchev–Trinajstić information content (AvgIpc) is 3.97. The van der Waals surface area contributed by atoms with Gasteiger partial charge in [0.25, 0.3) is 0 Å². The molecule has 6 heteroatoms. The molecule has 0 amide bonds. The van der Waals surface area contributed by atoms with Crippen LogP contribution in [0.15, 0.2) is 115 Å². The van der Waals surface area contributed by atoms with E-state index in [4.69, 9.17) is 19.9 Å². The van der Waals surface area contributed by atoms with Crippen LogP contribution in [-0.4, -0.2) is 23.1 Å². The van der Waals surface area contributed by atoms with Gasteiger partial charge in [0, 0.05) is 18.8 Å². The third-order valence-corrected chi connectivity index (χ3v) is 9.07. The summed E-state index contributed by atoms with van der Waals surface area (Å²) in [5.74, 6) is 0. The molecule has 2 aliphatic heterocycles. The Kier molecular flexibility index (Phi) is 9.73. The van der Waals surface area contributed by atoms with Gasteiger partial charge in [-0.1, -0.05) is 129 Å². The number of hydrogen-bond acceptors (Lipinski definition) is 3. The first-order chi connectivity index (χ1) is 24.2. The summed E-state index contributed by atoms with van der Waals surface area (Å²) < 4.78 is 0. The van der Waals surface area contributed by atoms with E-state index in [1.165, 1.54) is 0 Å². The van der Waals surface area contributed by atoms with Gasteiger partial charge in [-0.3, -0.25) is 0 Å². The van der Waals surface area contributed by atoms with E-state index < -0.39 is 0 Å². The largest absolute Gasteiger partial charge is 2.00 e. The van der Waals surface area contributed by atoms with E-state index in [-0.39, 0.29) is 19.5 Å². The first-order valence-electron chi connectivity index (χ1n) is 17.2. The van der Waals surface area contributed by atoms with Crippen molar-refractivity contribution in [2.75, 3.05) is 18.0 Å². The fraction of sp³-hybridized carbons (Fsp3) is 0.136. The first kappa shape index (κ1) is 33.2. The molecule has 3 aromatic carbocycles. The number of fused-ring (bicyclic) bond motifs is 8. The second-order valence-corrected chi connectivity index (χ2v) is 12.4. The van der Waals surface area contributed by atoms with Crippen LogP contribution in [0, 0.1) is 0 Å². The van der Waals surface area contributed by atoms with Gasteiger partial charge in [-0.2, -0.15) is 0 Å². The Bertz CT molecular complexity index is 2310. The van der Waals surface area contributed by atoms with Crippen molar-refractivity contribution in [3.8, 4) is 33.4 Å². The Morgan fingerprint density at radius 3 is 1.18 bits per heavy atom. The molecule has 0 saturated carbocycles. The van der Waals surface area contributed by atoms with Crippen LogP contribution in [0.3, 0.4) is 0 Å². The molecular weight excluding hydrogens is 664 g/mol. The van der Waals surface area contributed by atoms with Crippen LogP contribution >= 0.6 is 0 Å². The summed E-state index contributed by atoms with van der Waals surface area (Å²) in [5, 5.41) is 0. The number of benzene rings is 3. The molecule has 0 radical (unpaired) electrons. The van der Waals surface area contributed by atoms with Gasteiger partial charge < -0.3 is 14.9 Å². The van der Waals surface area contributed by atoms with Crippen molar-refractivity contribution in [1.82, 2.24) is 19.9 Å². The average molecular weight is 701 g/mol. The second-order valence-electron chi connectivity index (χ2n) is 12.4. The maximum Gasteiger partial charge on any atom is 2.00 e. The van der Waals surface area contributed by atoms with Crippen molar-refractivity contribution >= 4 is 52.1 Å². The molecule has 0 fully saturated rings. The Hall–Kier alpha value is -5.32. The molecule has 3 aromatic heterocycles. The molecule has 0 N–H and O–H groups in total. The fourth-order valence-corrected chi connectivity index (χ4v) is 6.97. The molecule has 8 bridgehead atoms. The van der Waals surface area contributed by atoms with Gasteiger partial charge in [0.1, 0.15) is 0 Å². The SMILES string of the molecule is CCCN(CCC)c1c2nc(c(-c3ccccc3)c3ccc([n-]3)c(-c3ccccc3)c3nc(c(-c4ccccc4)c4ccc1[n-]4)C=C3)C=C2.[Zn+2]. The van der Waals surface area contributed by atoms with Crippen LogP contribution < -0.4 is 14.9 Å².